The van der Waals surface area contributed by atoms with Gasteiger partial charge >= 0.3 is 12.3 Å². The van der Waals surface area contributed by atoms with Gasteiger partial charge in [-0.3, -0.25) is 5.32 Å². The van der Waals surface area contributed by atoms with Crippen LogP contribution in [-0.4, -0.2) is 11.1 Å². The highest BCUT2D eigenvalue weighted by atomic mass is 19.4. The quantitative estimate of drug-likeness (QED) is 0.935. The normalized spacial score (nSPS) is 10.7. The Balaban J connectivity index is 2.09. The lowest BCUT2D eigenvalue weighted by Gasteiger charge is -2.11. The van der Waals surface area contributed by atoms with E-state index in [2.05, 4.69) is 10.3 Å². The van der Waals surface area contributed by atoms with Gasteiger partial charge in [0.1, 0.15) is 12.7 Å². The summed E-state index contributed by atoms with van der Waals surface area (Å²) in [7, 11) is 0. The van der Waals surface area contributed by atoms with Gasteiger partial charge in [-0.25, -0.2) is 9.78 Å². The number of nitriles is 1. The smallest absolute Gasteiger partial charge is 0.417 e. The molecular weight excluding hydrogens is 311 g/mol. The highest BCUT2D eigenvalue weighted by Crippen LogP contribution is 2.31. The summed E-state index contributed by atoms with van der Waals surface area (Å²) in [5.41, 5.74) is -1.06. The van der Waals surface area contributed by atoms with Crippen LogP contribution in [0.25, 0.3) is 0 Å². The fourth-order valence-corrected chi connectivity index (χ4v) is 1.67. The Labute approximate surface area is 129 Å². The van der Waals surface area contributed by atoms with Crippen molar-refractivity contribution in [3.63, 3.8) is 0 Å². The van der Waals surface area contributed by atoms with Crippen molar-refractivity contribution in [1.29, 1.82) is 5.26 Å². The van der Waals surface area contributed by atoms with E-state index in [1.54, 1.807) is 36.4 Å². The van der Waals surface area contributed by atoms with Crippen molar-refractivity contribution < 1.29 is 22.7 Å². The Morgan fingerprint density at radius 2 is 2.00 bits per heavy atom. The van der Waals surface area contributed by atoms with E-state index in [0.29, 0.717) is 17.8 Å². The molecule has 0 aliphatic rings. The first kappa shape index (κ1) is 16.3. The minimum absolute atomic E-state index is 0.0546. The van der Waals surface area contributed by atoms with Crippen molar-refractivity contribution in [2.45, 2.75) is 12.8 Å². The average Bonchev–Trinajstić information content (AvgIpc) is 2.53. The number of hydrogen-bond donors (Lipinski definition) is 1. The number of pyridine rings is 1. The molecule has 0 fully saturated rings. The van der Waals surface area contributed by atoms with Crippen molar-refractivity contribution in [2.75, 3.05) is 5.32 Å². The molecule has 0 aliphatic heterocycles. The van der Waals surface area contributed by atoms with Gasteiger partial charge in [0.25, 0.3) is 0 Å². The van der Waals surface area contributed by atoms with Gasteiger partial charge in [-0.1, -0.05) is 30.3 Å². The number of anilines is 1. The average molecular weight is 321 g/mol. The highest BCUT2D eigenvalue weighted by molar-refractivity contribution is 5.86. The van der Waals surface area contributed by atoms with Gasteiger partial charge in [0.15, 0.2) is 5.69 Å². The second-order valence-corrected chi connectivity index (χ2v) is 4.42. The van der Waals surface area contributed by atoms with Gasteiger partial charge in [0, 0.05) is 6.20 Å². The van der Waals surface area contributed by atoms with Crippen LogP contribution in [0.5, 0.6) is 0 Å². The summed E-state index contributed by atoms with van der Waals surface area (Å²) >= 11 is 0. The zero-order valence-corrected chi connectivity index (χ0v) is 11.6. The Morgan fingerprint density at radius 1 is 1.30 bits per heavy atom. The van der Waals surface area contributed by atoms with Crippen LogP contribution in [0.3, 0.4) is 0 Å². The lowest BCUT2D eigenvalue weighted by Crippen LogP contribution is -2.16. The number of rotatable bonds is 3. The van der Waals surface area contributed by atoms with E-state index in [0.717, 1.165) is 0 Å². The molecule has 0 saturated heterocycles. The maximum atomic E-state index is 12.6. The third-order valence-electron chi connectivity index (χ3n) is 2.77. The van der Waals surface area contributed by atoms with Crippen LogP contribution >= 0.6 is 0 Å². The Bertz CT molecular complexity index is 740. The molecule has 0 radical (unpaired) electrons. The Hall–Kier alpha value is -3.08. The maximum absolute atomic E-state index is 12.6. The van der Waals surface area contributed by atoms with Crippen molar-refractivity contribution in [1.82, 2.24) is 4.98 Å². The molecule has 8 heteroatoms. The monoisotopic (exact) mass is 321 g/mol. The molecule has 0 spiro atoms. The van der Waals surface area contributed by atoms with Gasteiger partial charge < -0.3 is 4.74 Å². The largest absolute Gasteiger partial charge is 0.444 e. The summed E-state index contributed by atoms with van der Waals surface area (Å²) in [6, 6.07) is 11.0. The first-order chi connectivity index (χ1) is 10.9. The topological polar surface area (TPSA) is 75.0 Å². The predicted octanol–water partition coefficient (Wildman–Crippen LogP) is 3.72. The van der Waals surface area contributed by atoms with E-state index >= 15 is 0 Å². The SMILES string of the molecule is N#Cc1ncc(C(F)(F)F)cc1NC(=O)OCc1ccccc1. The number of benzene rings is 1. The molecule has 0 atom stereocenters. The number of aromatic nitrogens is 1. The van der Waals surface area contributed by atoms with Crippen LogP contribution < -0.4 is 5.32 Å². The molecule has 0 aliphatic carbocycles. The highest BCUT2D eigenvalue weighted by Gasteiger charge is 2.32. The number of halogens is 3. The molecule has 0 unspecified atom stereocenters. The molecular formula is C15H10F3N3O2. The minimum atomic E-state index is -4.63. The van der Waals surface area contributed by atoms with E-state index in [1.165, 1.54) is 0 Å². The lowest BCUT2D eigenvalue weighted by molar-refractivity contribution is -0.137. The molecule has 5 nitrogen and oxygen atoms in total. The van der Waals surface area contributed by atoms with Gasteiger partial charge in [0.05, 0.1) is 11.3 Å². The number of alkyl halides is 3. The number of carbonyl (C=O) groups excluding carboxylic acids is 1. The standard InChI is InChI=1S/C15H10F3N3O2/c16-15(17,18)11-6-12(13(7-19)20-8-11)21-14(22)23-9-10-4-2-1-3-5-10/h1-6,8H,9H2,(H,21,22). The first-order valence-corrected chi connectivity index (χ1v) is 6.35. The third kappa shape index (κ3) is 4.44. The zero-order chi connectivity index (χ0) is 16.9. The molecule has 1 aromatic heterocycles. The van der Waals surface area contributed by atoms with Gasteiger partial charge in [-0.15, -0.1) is 0 Å². The summed E-state index contributed by atoms with van der Waals surface area (Å²) < 4.78 is 42.8. The number of hydrogen-bond acceptors (Lipinski definition) is 4. The van der Waals surface area contributed by atoms with Crippen LogP contribution in [0, 0.1) is 11.3 Å². The van der Waals surface area contributed by atoms with Gasteiger partial charge in [-0.2, -0.15) is 18.4 Å². The lowest BCUT2D eigenvalue weighted by atomic mass is 10.2. The molecule has 1 heterocycles. The number of amides is 1. The molecule has 23 heavy (non-hydrogen) atoms. The fraction of sp³-hybridized carbons (Fsp3) is 0.133. The molecule has 0 bridgehead atoms. The molecule has 2 rings (SSSR count). The summed E-state index contributed by atoms with van der Waals surface area (Å²) in [6.07, 6.45) is -5.09. The van der Waals surface area contributed by atoms with Crippen LogP contribution in [0.1, 0.15) is 16.8 Å². The zero-order valence-electron chi connectivity index (χ0n) is 11.6. The van der Waals surface area contributed by atoms with Crippen molar-refractivity contribution in [2.24, 2.45) is 0 Å². The Kier molecular flexibility index (Phi) is 4.81. The van der Waals surface area contributed by atoms with Crippen molar-refractivity contribution in [3.05, 3.63) is 59.4 Å². The number of nitrogens with one attached hydrogen (secondary N) is 1. The minimum Gasteiger partial charge on any atom is -0.444 e. The summed E-state index contributed by atoms with van der Waals surface area (Å²) in [5, 5.41) is 10.9. The third-order valence-corrected chi connectivity index (χ3v) is 2.77. The number of carbonyl (C=O) groups is 1. The maximum Gasteiger partial charge on any atom is 0.417 e. The summed E-state index contributed by atoms with van der Waals surface area (Å²) in [5.74, 6) is 0. The van der Waals surface area contributed by atoms with Gasteiger partial charge in [-0.05, 0) is 11.6 Å². The van der Waals surface area contributed by atoms with Gasteiger partial charge in [0.2, 0.25) is 0 Å². The number of ether oxygens (including phenoxy) is 1. The van der Waals surface area contributed by atoms with E-state index in [-0.39, 0.29) is 18.0 Å². The molecule has 118 valence electrons. The molecule has 2 aromatic rings. The van der Waals surface area contributed by atoms with Crippen LogP contribution in [0.15, 0.2) is 42.6 Å². The van der Waals surface area contributed by atoms with Crippen LogP contribution in [0.4, 0.5) is 23.7 Å². The summed E-state index contributed by atoms with van der Waals surface area (Å²) in [6.45, 7) is -0.0546. The Morgan fingerprint density at radius 3 is 2.61 bits per heavy atom. The van der Waals surface area contributed by atoms with E-state index in [1.807, 2.05) is 0 Å². The molecule has 1 N–H and O–H groups in total. The van der Waals surface area contributed by atoms with Crippen molar-refractivity contribution >= 4 is 11.8 Å². The van der Waals surface area contributed by atoms with Crippen molar-refractivity contribution in [3.8, 4) is 6.07 Å². The molecule has 1 aromatic carbocycles. The van der Waals surface area contributed by atoms with E-state index in [4.69, 9.17) is 10.00 Å². The fourth-order valence-electron chi connectivity index (χ4n) is 1.67. The van der Waals surface area contributed by atoms with E-state index in [9.17, 15) is 18.0 Å². The van der Waals surface area contributed by atoms with Crippen LogP contribution in [0.2, 0.25) is 0 Å². The second-order valence-electron chi connectivity index (χ2n) is 4.42. The predicted molar refractivity (Wildman–Crippen MR) is 74.2 cm³/mol. The molecule has 1 amide bonds. The summed E-state index contributed by atoms with van der Waals surface area (Å²) in [4.78, 5) is 15.0. The molecule has 0 saturated carbocycles. The first-order valence-electron chi connectivity index (χ1n) is 6.35. The number of nitrogens with zero attached hydrogens (tertiary/aromatic N) is 2. The second kappa shape index (κ2) is 6.79. The van der Waals surface area contributed by atoms with Crippen LogP contribution in [-0.2, 0) is 17.5 Å². The van der Waals surface area contributed by atoms with E-state index < -0.39 is 17.8 Å².